The van der Waals surface area contributed by atoms with E-state index in [1.54, 1.807) is 0 Å². The quantitative estimate of drug-likeness (QED) is 0.656. The lowest BCUT2D eigenvalue weighted by atomic mass is 10.1. The van der Waals surface area contributed by atoms with Crippen LogP contribution in [0.15, 0.2) is 66.7 Å². The normalized spacial score (nSPS) is 12.1. The van der Waals surface area contributed by atoms with E-state index in [4.69, 9.17) is 4.74 Å². The minimum absolute atomic E-state index is 0.149. The van der Waals surface area contributed by atoms with Crippen LogP contribution in [0.3, 0.4) is 0 Å². The predicted octanol–water partition coefficient (Wildman–Crippen LogP) is 5.42. The van der Waals surface area contributed by atoms with Crippen LogP contribution in [0.1, 0.15) is 18.9 Å². The Morgan fingerprint density at radius 3 is 2.57 bits per heavy atom. The smallest absolute Gasteiger partial charge is 0.120 e. The predicted molar refractivity (Wildman–Crippen MR) is 98.3 cm³/mol. The number of benzene rings is 3. The molecule has 0 aromatic heterocycles. The highest BCUT2D eigenvalue weighted by molar-refractivity contribution is 5.93. The molecule has 0 fully saturated rings. The average molecular weight is 305 g/mol. The molecule has 0 aliphatic carbocycles. The molecular formula is C21H23NO. The molecule has 0 heterocycles. The minimum Gasteiger partial charge on any atom is -0.489 e. The summed E-state index contributed by atoms with van der Waals surface area (Å²) in [5.74, 6) is 0.941. The van der Waals surface area contributed by atoms with Gasteiger partial charge in [-0.3, -0.25) is 0 Å². The number of ether oxygens (including phenoxy) is 1. The number of aryl methyl sites for hydroxylation is 1. The average Bonchev–Trinajstić information content (AvgIpc) is 2.58. The Hall–Kier alpha value is -2.48. The van der Waals surface area contributed by atoms with Crippen LogP contribution in [0.5, 0.6) is 5.75 Å². The molecule has 3 rings (SSSR count). The summed E-state index contributed by atoms with van der Waals surface area (Å²) in [5, 5.41) is 6.05. The van der Waals surface area contributed by atoms with Gasteiger partial charge in [0.05, 0.1) is 6.54 Å². The van der Waals surface area contributed by atoms with Crippen molar-refractivity contribution in [3.05, 3.63) is 72.3 Å². The number of hydrogen-bond acceptors (Lipinski definition) is 2. The van der Waals surface area contributed by atoms with Crippen LogP contribution >= 0.6 is 0 Å². The lowest BCUT2D eigenvalue weighted by Crippen LogP contribution is -2.25. The summed E-state index contributed by atoms with van der Waals surface area (Å²) >= 11 is 0. The Morgan fingerprint density at radius 1 is 0.957 bits per heavy atom. The third kappa shape index (κ3) is 3.84. The fourth-order valence-electron chi connectivity index (χ4n) is 2.75. The molecule has 0 spiro atoms. The molecule has 0 radical (unpaired) electrons. The van der Waals surface area contributed by atoms with Crippen LogP contribution in [0, 0.1) is 6.92 Å². The van der Waals surface area contributed by atoms with Gasteiger partial charge in [-0.2, -0.15) is 0 Å². The van der Waals surface area contributed by atoms with Gasteiger partial charge in [0.25, 0.3) is 0 Å². The van der Waals surface area contributed by atoms with E-state index in [-0.39, 0.29) is 6.10 Å². The summed E-state index contributed by atoms with van der Waals surface area (Å²) in [6.07, 6.45) is 1.11. The second-order valence-electron chi connectivity index (χ2n) is 5.87. The van der Waals surface area contributed by atoms with Gasteiger partial charge in [-0.25, -0.2) is 0 Å². The van der Waals surface area contributed by atoms with E-state index in [0.29, 0.717) is 0 Å². The van der Waals surface area contributed by atoms with E-state index < -0.39 is 0 Å². The second-order valence-corrected chi connectivity index (χ2v) is 5.87. The van der Waals surface area contributed by atoms with Crippen molar-refractivity contribution >= 4 is 16.5 Å². The Morgan fingerprint density at radius 2 is 1.74 bits per heavy atom. The summed E-state index contributed by atoms with van der Waals surface area (Å²) in [4.78, 5) is 0. The molecule has 118 valence electrons. The lowest BCUT2D eigenvalue weighted by molar-refractivity contribution is 0.210. The van der Waals surface area contributed by atoms with Crippen LogP contribution in [0.25, 0.3) is 10.8 Å². The molecule has 0 saturated heterocycles. The zero-order valence-electron chi connectivity index (χ0n) is 13.8. The molecule has 1 N–H and O–H groups in total. The topological polar surface area (TPSA) is 21.3 Å². The van der Waals surface area contributed by atoms with E-state index in [2.05, 4.69) is 73.8 Å². The summed E-state index contributed by atoms with van der Waals surface area (Å²) in [5.41, 5.74) is 2.38. The maximum atomic E-state index is 6.12. The second kappa shape index (κ2) is 7.19. The van der Waals surface area contributed by atoms with Crippen molar-refractivity contribution in [2.75, 3.05) is 11.9 Å². The minimum atomic E-state index is 0.149. The van der Waals surface area contributed by atoms with Gasteiger partial charge >= 0.3 is 0 Å². The molecule has 1 unspecified atom stereocenters. The molecule has 0 amide bonds. The van der Waals surface area contributed by atoms with Gasteiger partial charge in [-0.15, -0.1) is 0 Å². The summed E-state index contributed by atoms with van der Waals surface area (Å²) in [6, 6.07) is 23.0. The van der Waals surface area contributed by atoms with E-state index in [1.165, 1.54) is 16.3 Å². The van der Waals surface area contributed by atoms with Crippen molar-refractivity contribution in [1.82, 2.24) is 0 Å². The van der Waals surface area contributed by atoms with Crippen LogP contribution in [0.4, 0.5) is 5.69 Å². The van der Waals surface area contributed by atoms with Gasteiger partial charge in [0.15, 0.2) is 0 Å². The van der Waals surface area contributed by atoms with E-state index >= 15 is 0 Å². The van der Waals surface area contributed by atoms with Crippen molar-refractivity contribution < 1.29 is 4.74 Å². The Labute approximate surface area is 138 Å². The van der Waals surface area contributed by atoms with Crippen molar-refractivity contribution in [2.24, 2.45) is 0 Å². The van der Waals surface area contributed by atoms with Crippen molar-refractivity contribution in [1.29, 1.82) is 0 Å². The first kappa shape index (κ1) is 15.4. The van der Waals surface area contributed by atoms with Gasteiger partial charge in [-0.1, -0.05) is 55.5 Å². The maximum Gasteiger partial charge on any atom is 0.120 e. The van der Waals surface area contributed by atoms with E-state index in [0.717, 1.165) is 24.4 Å². The van der Waals surface area contributed by atoms with Gasteiger partial charge in [0.2, 0.25) is 0 Å². The molecule has 3 aromatic carbocycles. The number of hydrogen-bond donors (Lipinski definition) is 1. The summed E-state index contributed by atoms with van der Waals surface area (Å²) in [7, 11) is 0. The van der Waals surface area contributed by atoms with E-state index in [1.807, 2.05) is 12.1 Å². The molecule has 0 aliphatic heterocycles. The van der Waals surface area contributed by atoms with Crippen molar-refractivity contribution in [3.63, 3.8) is 0 Å². The zero-order valence-corrected chi connectivity index (χ0v) is 13.8. The molecular weight excluding hydrogens is 282 g/mol. The van der Waals surface area contributed by atoms with Crippen LogP contribution in [-0.4, -0.2) is 12.6 Å². The first-order chi connectivity index (χ1) is 11.3. The Kier molecular flexibility index (Phi) is 4.82. The van der Waals surface area contributed by atoms with Crippen molar-refractivity contribution in [3.8, 4) is 5.75 Å². The standard InChI is InChI=1S/C21H23NO/c1-3-18(23-19-11-6-8-16(2)14-19)15-22-21-13-7-10-17-9-4-5-12-20(17)21/h4-14,18,22H,3,15H2,1-2H3. The fourth-order valence-corrected chi connectivity index (χ4v) is 2.75. The monoisotopic (exact) mass is 305 g/mol. The number of rotatable bonds is 6. The molecule has 0 saturated carbocycles. The Balaban J connectivity index is 1.70. The zero-order chi connectivity index (χ0) is 16.1. The largest absolute Gasteiger partial charge is 0.489 e. The number of nitrogens with one attached hydrogen (secondary N) is 1. The summed E-state index contributed by atoms with van der Waals surface area (Å²) < 4.78 is 6.12. The Bertz CT molecular complexity index is 776. The van der Waals surface area contributed by atoms with Gasteiger partial charge in [0.1, 0.15) is 11.9 Å². The number of anilines is 1. The van der Waals surface area contributed by atoms with Gasteiger partial charge in [-0.05, 0) is 42.5 Å². The van der Waals surface area contributed by atoms with Crippen molar-refractivity contribution in [2.45, 2.75) is 26.4 Å². The molecule has 23 heavy (non-hydrogen) atoms. The molecule has 0 bridgehead atoms. The SMILES string of the molecule is CCC(CNc1cccc2ccccc12)Oc1cccc(C)c1. The highest BCUT2D eigenvalue weighted by Gasteiger charge is 2.09. The molecule has 2 nitrogen and oxygen atoms in total. The highest BCUT2D eigenvalue weighted by Crippen LogP contribution is 2.23. The maximum absolute atomic E-state index is 6.12. The third-order valence-electron chi connectivity index (χ3n) is 4.06. The van der Waals surface area contributed by atoms with Crippen LogP contribution < -0.4 is 10.1 Å². The van der Waals surface area contributed by atoms with Gasteiger partial charge < -0.3 is 10.1 Å². The lowest BCUT2D eigenvalue weighted by Gasteiger charge is -2.20. The van der Waals surface area contributed by atoms with E-state index in [9.17, 15) is 0 Å². The third-order valence-corrected chi connectivity index (χ3v) is 4.06. The fraction of sp³-hybridized carbons (Fsp3) is 0.238. The first-order valence-corrected chi connectivity index (χ1v) is 8.21. The van der Waals surface area contributed by atoms with Crippen LogP contribution in [0.2, 0.25) is 0 Å². The molecule has 1 atom stereocenters. The first-order valence-electron chi connectivity index (χ1n) is 8.21. The number of fused-ring (bicyclic) bond motifs is 1. The molecule has 3 aromatic rings. The van der Waals surface area contributed by atoms with Gasteiger partial charge in [0, 0.05) is 11.1 Å². The highest BCUT2D eigenvalue weighted by atomic mass is 16.5. The molecule has 0 aliphatic rings. The molecule has 2 heteroatoms. The van der Waals surface area contributed by atoms with Crippen LogP contribution in [-0.2, 0) is 0 Å². The summed E-state index contributed by atoms with van der Waals surface area (Å²) in [6.45, 7) is 5.03.